The number of nitrogens with zero attached hydrogens (tertiary/aromatic N) is 4. The molecule has 37 heavy (non-hydrogen) atoms. The number of ether oxygens (including phenoxy) is 2. The second kappa shape index (κ2) is 16.2. The fourth-order valence-corrected chi connectivity index (χ4v) is 6.92. The molecular weight excluding hydrogens is 541 g/mol. The maximum atomic E-state index is 11.5. The van der Waals surface area contributed by atoms with Gasteiger partial charge < -0.3 is 30.1 Å². The molecule has 12 nitrogen and oxygen atoms in total. The second-order valence-corrected chi connectivity index (χ2v) is 12.7. The summed E-state index contributed by atoms with van der Waals surface area (Å²) < 4.78 is 30.0. The first-order valence-corrected chi connectivity index (χ1v) is 16.7. The molecule has 15 heteroatoms. The summed E-state index contributed by atoms with van der Waals surface area (Å²) in [6, 6.07) is 0. The second-order valence-electron chi connectivity index (χ2n) is 8.85. The lowest BCUT2D eigenvalue weighted by Gasteiger charge is -2.19. The van der Waals surface area contributed by atoms with E-state index in [0.29, 0.717) is 24.4 Å². The predicted molar refractivity (Wildman–Crippen MR) is 145 cm³/mol. The Morgan fingerprint density at radius 1 is 1.05 bits per heavy atom. The van der Waals surface area contributed by atoms with Gasteiger partial charge in [-0.15, -0.1) is 0 Å². The Labute approximate surface area is 225 Å². The predicted octanol–water partition coefficient (Wildman–Crippen LogP) is 3.69. The molecule has 0 aromatic carbocycles. The van der Waals surface area contributed by atoms with Crippen LogP contribution in [0.15, 0.2) is 12.7 Å². The van der Waals surface area contributed by atoms with Crippen molar-refractivity contribution in [3.05, 3.63) is 12.7 Å². The SMILES string of the molecule is Nc1ncnc2c1ncn2[C@H]1C[C@H](OP(=O)(O)O)[C@@H](COCCCCCCSSCCCCCCO)O1. The van der Waals surface area contributed by atoms with Gasteiger partial charge in [-0.05, 0) is 25.7 Å². The van der Waals surface area contributed by atoms with Crippen LogP contribution in [-0.2, 0) is 18.6 Å². The first-order valence-electron chi connectivity index (χ1n) is 12.6. The summed E-state index contributed by atoms with van der Waals surface area (Å²) in [5, 5.41) is 8.77. The zero-order valence-electron chi connectivity index (χ0n) is 20.9. The lowest BCUT2D eigenvalue weighted by Crippen LogP contribution is -2.28. The summed E-state index contributed by atoms with van der Waals surface area (Å²) in [6.45, 7) is 1.00. The fourth-order valence-electron chi connectivity index (χ4n) is 4.05. The topological polar surface area (TPSA) is 175 Å². The van der Waals surface area contributed by atoms with Gasteiger partial charge in [-0.3, -0.25) is 9.09 Å². The van der Waals surface area contributed by atoms with E-state index < -0.39 is 26.3 Å². The van der Waals surface area contributed by atoms with Crippen LogP contribution in [0.5, 0.6) is 0 Å². The molecule has 3 heterocycles. The highest BCUT2D eigenvalue weighted by Gasteiger charge is 2.41. The number of imidazole rings is 1. The van der Waals surface area contributed by atoms with E-state index in [1.165, 1.54) is 37.7 Å². The number of hydrogen-bond donors (Lipinski definition) is 4. The minimum Gasteiger partial charge on any atom is -0.396 e. The molecule has 1 aliphatic rings. The number of nitrogen functional groups attached to an aromatic ring is 1. The molecule has 0 bridgehead atoms. The Hall–Kier alpha value is -0.960. The van der Waals surface area contributed by atoms with Crippen LogP contribution in [0.4, 0.5) is 5.82 Å². The smallest absolute Gasteiger partial charge is 0.396 e. The Bertz CT molecular complexity index is 982. The summed E-state index contributed by atoms with van der Waals surface area (Å²) in [5.41, 5.74) is 6.76. The molecule has 5 N–H and O–H groups in total. The summed E-state index contributed by atoms with van der Waals surface area (Å²) in [5.74, 6) is 2.55. The third kappa shape index (κ3) is 10.6. The van der Waals surface area contributed by atoms with E-state index in [9.17, 15) is 14.4 Å². The molecule has 2 aromatic rings. The Balaban J connectivity index is 1.32. The number of fused-ring (bicyclic) bond motifs is 1. The lowest BCUT2D eigenvalue weighted by atomic mass is 10.2. The molecule has 0 unspecified atom stereocenters. The molecular formula is C22H38N5O7PS2. The van der Waals surface area contributed by atoms with E-state index in [1.807, 2.05) is 21.6 Å². The van der Waals surface area contributed by atoms with Crippen LogP contribution in [0.1, 0.15) is 64.0 Å². The highest BCUT2D eigenvalue weighted by atomic mass is 33.1. The summed E-state index contributed by atoms with van der Waals surface area (Å²) in [7, 11) is -0.847. The number of phosphoric acid groups is 1. The average molecular weight is 580 g/mol. The summed E-state index contributed by atoms with van der Waals surface area (Å²) in [4.78, 5) is 31.1. The number of aromatic nitrogens is 4. The molecule has 1 aliphatic heterocycles. The van der Waals surface area contributed by atoms with Crippen LogP contribution in [-0.4, -0.2) is 77.9 Å². The van der Waals surface area contributed by atoms with Crippen molar-refractivity contribution in [2.24, 2.45) is 0 Å². The van der Waals surface area contributed by atoms with Crippen LogP contribution >= 0.6 is 29.4 Å². The van der Waals surface area contributed by atoms with Gasteiger partial charge in [0.1, 0.15) is 30.3 Å². The van der Waals surface area contributed by atoms with Crippen LogP contribution in [0, 0.1) is 0 Å². The molecule has 3 atom stereocenters. The number of unbranched alkanes of at least 4 members (excludes halogenated alkanes) is 6. The number of aliphatic hydroxyl groups is 1. The molecule has 2 aromatic heterocycles. The normalized spacial score (nSPS) is 20.2. The average Bonchev–Trinajstić information content (AvgIpc) is 3.45. The third-order valence-corrected chi connectivity index (χ3v) is 9.04. The van der Waals surface area contributed by atoms with Gasteiger partial charge in [0.15, 0.2) is 11.5 Å². The van der Waals surface area contributed by atoms with Gasteiger partial charge in [-0.2, -0.15) is 0 Å². The van der Waals surface area contributed by atoms with Crippen LogP contribution in [0.25, 0.3) is 11.2 Å². The number of aliphatic hydroxyl groups excluding tert-OH is 1. The Kier molecular flexibility index (Phi) is 13.4. The minimum atomic E-state index is -4.71. The van der Waals surface area contributed by atoms with E-state index in [0.717, 1.165) is 37.9 Å². The van der Waals surface area contributed by atoms with E-state index in [4.69, 9.17) is 24.8 Å². The molecule has 3 rings (SSSR count). The summed E-state index contributed by atoms with van der Waals surface area (Å²) in [6.07, 6.45) is 9.68. The molecule has 0 saturated carbocycles. The fraction of sp³-hybridized carbons (Fsp3) is 0.773. The highest BCUT2D eigenvalue weighted by Crippen LogP contribution is 2.44. The van der Waals surface area contributed by atoms with E-state index in [-0.39, 0.29) is 18.8 Å². The summed E-state index contributed by atoms with van der Waals surface area (Å²) >= 11 is 0. The Morgan fingerprint density at radius 2 is 1.76 bits per heavy atom. The zero-order chi connectivity index (χ0) is 26.5. The molecule has 0 aliphatic carbocycles. The maximum Gasteiger partial charge on any atom is 0.469 e. The molecule has 1 fully saturated rings. The monoisotopic (exact) mass is 579 g/mol. The largest absolute Gasteiger partial charge is 0.469 e. The van der Waals surface area contributed by atoms with Gasteiger partial charge in [0.25, 0.3) is 0 Å². The van der Waals surface area contributed by atoms with Gasteiger partial charge in [-0.25, -0.2) is 19.5 Å². The van der Waals surface area contributed by atoms with Crippen molar-refractivity contribution < 1.29 is 33.5 Å². The molecule has 0 spiro atoms. The van der Waals surface area contributed by atoms with Gasteiger partial charge in [-0.1, -0.05) is 47.3 Å². The van der Waals surface area contributed by atoms with Gasteiger partial charge >= 0.3 is 7.82 Å². The van der Waals surface area contributed by atoms with Crippen LogP contribution in [0.3, 0.4) is 0 Å². The standard InChI is InChI=1S/C22H38N5O7PS2/c23-21-20-22(25-15-24-21)27(16-26-20)19-13-17(34-35(29,30)31)18(33-19)14-32-10-6-2-4-8-12-37-36-11-7-3-1-5-9-28/h15-19,28H,1-14H2,(H2,23,24,25)(H2,29,30,31)/t17-,18+,19+/m0/s1. The van der Waals surface area contributed by atoms with Crippen molar-refractivity contribution in [3.63, 3.8) is 0 Å². The number of nitrogens with two attached hydrogens (primary N) is 1. The quantitative estimate of drug-likeness (QED) is 0.108. The van der Waals surface area contributed by atoms with E-state index >= 15 is 0 Å². The van der Waals surface area contributed by atoms with Crippen LogP contribution in [0.2, 0.25) is 0 Å². The molecule has 0 amide bonds. The third-order valence-electron chi connectivity index (χ3n) is 5.92. The number of phosphoric ester groups is 1. The van der Waals surface area contributed by atoms with Crippen molar-refractivity contribution in [2.45, 2.75) is 76.2 Å². The minimum absolute atomic E-state index is 0.162. The van der Waals surface area contributed by atoms with Gasteiger partial charge in [0.2, 0.25) is 0 Å². The number of hydrogen-bond acceptors (Lipinski definition) is 11. The van der Waals surface area contributed by atoms with E-state index in [1.54, 1.807) is 4.57 Å². The van der Waals surface area contributed by atoms with Crippen molar-refractivity contribution in [1.29, 1.82) is 0 Å². The van der Waals surface area contributed by atoms with Crippen molar-refractivity contribution in [2.75, 3.05) is 37.1 Å². The maximum absolute atomic E-state index is 11.5. The van der Waals surface area contributed by atoms with Crippen molar-refractivity contribution >= 4 is 46.4 Å². The zero-order valence-corrected chi connectivity index (χ0v) is 23.4. The van der Waals surface area contributed by atoms with Gasteiger partial charge in [0.05, 0.1) is 12.9 Å². The first kappa shape index (κ1) is 30.6. The first-order chi connectivity index (χ1) is 17.9. The van der Waals surface area contributed by atoms with Crippen molar-refractivity contribution in [1.82, 2.24) is 19.5 Å². The molecule has 210 valence electrons. The van der Waals surface area contributed by atoms with Crippen LogP contribution < -0.4 is 5.73 Å². The number of anilines is 1. The molecule has 1 saturated heterocycles. The Morgan fingerprint density at radius 3 is 2.46 bits per heavy atom. The van der Waals surface area contributed by atoms with Gasteiger partial charge in [0, 0.05) is 31.1 Å². The number of rotatable bonds is 19. The van der Waals surface area contributed by atoms with Crippen molar-refractivity contribution in [3.8, 4) is 0 Å². The lowest BCUT2D eigenvalue weighted by molar-refractivity contribution is -0.0608. The highest BCUT2D eigenvalue weighted by molar-refractivity contribution is 8.76. The van der Waals surface area contributed by atoms with E-state index in [2.05, 4.69) is 15.0 Å². The molecule has 0 radical (unpaired) electrons.